The number of esters is 1. The van der Waals surface area contributed by atoms with E-state index in [1.165, 1.54) is 20.4 Å². The van der Waals surface area contributed by atoms with E-state index in [1.807, 2.05) is 0 Å². The molecule has 2 N–H and O–H groups in total. The number of ether oxygens (including phenoxy) is 3. The van der Waals surface area contributed by atoms with Crippen LogP contribution in [0.15, 0.2) is 77.9 Å². The fraction of sp³-hybridized carbons (Fsp3) is 0.125. The van der Waals surface area contributed by atoms with Crippen molar-refractivity contribution in [3.8, 4) is 17.2 Å². The molecule has 0 saturated carbocycles. The zero-order valence-corrected chi connectivity index (χ0v) is 17.5. The van der Waals surface area contributed by atoms with E-state index in [-0.39, 0.29) is 5.75 Å². The third-order valence-electron chi connectivity index (χ3n) is 4.45. The van der Waals surface area contributed by atoms with Gasteiger partial charge in [0.05, 0.1) is 26.0 Å². The third-order valence-corrected chi connectivity index (χ3v) is 4.45. The maximum Gasteiger partial charge on any atom is 0.343 e. The Balaban J connectivity index is 1.65. The van der Waals surface area contributed by atoms with Gasteiger partial charge in [-0.1, -0.05) is 36.4 Å². The van der Waals surface area contributed by atoms with Crippen LogP contribution in [0, 0.1) is 0 Å². The molecule has 0 aliphatic carbocycles. The Morgan fingerprint density at radius 1 is 0.938 bits per heavy atom. The summed E-state index contributed by atoms with van der Waals surface area (Å²) < 4.78 is 15.9. The Hall–Kier alpha value is -4.17. The first kappa shape index (κ1) is 22.5. The molecule has 3 aromatic rings. The zero-order valence-electron chi connectivity index (χ0n) is 17.5. The van der Waals surface area contributed by atoms with Crippen molar-refractivity contribution < 1.29 is 28.9 Å². The van der Waals surface area contributed by atoms with Crippen LogP contribution in [-0.2, 0) is 4.79 Å². The molecule has 3 aromatic carbocycles. The van der Waals surface area contributed by atoms with Gasteiger partial charge in [0.25, 0.3) is 5.91 Å². The molecule has 0 aliphatic rings. The Bertz CT molecular complexity index is 1110. The SMILES string of the molecule is COc1cccc(C(=O)Oc2ccc(/C=N\NC(=O)[C@H](O)c3ccccc3)cc2OC)c1. The Morgan fingerprint density at radius 2 is 1.72 bits per heavy atom. The van der Waals surface area contributed by atoms with E-state index in [0.29, 0.717) is 28.2 Å². The van der Waals surface area contributed by atoms with Crippen molar-refractivity contribution in [2.75, 3.05) is 14.2 Å². The van der Waals surface area contributed by atoms with Crippen LogP contribution in [0.1, 0.15) is 27.6 Å². The van der Waals surface area contributed by atoms with Crippen molar-refractivity contribution in [3.05, 3.63) is 89.5 Å². The summed E-state index contributed by atoms with van der Waals surface area (Å²) >= 11 is 0. The van der Waals surface area contributed by atoms with Crippen molar-refractivity contribution in [2.45, 2.75) is 6.10 Å². The predicted molar refractivity (Wildman–Crippen MR) is 118 cm³/mol. The highest BCUT2D eigenvalue weighted by molar-refractivity contribution is 5.92. The molecular weight excluding hydrogens is 412 g/mol. The number of benzene rings is 3. The van der Waals surface area contributed by atoms with Crippen molar-refractivity contribution in [3.63, 3.8) is 0 Å². The predicted octanol–water partition coefficient (Wildman–Crippen LogP) is 3.11. The highest BCUT2D eigenvalue weighted by Gasteiger charge is 2.16. The first-order chi connectivity index (χ1) is 15.5. The van der Waals surface area contributed by atoms with E-state index in [2.05, 4.69) is 10.5 Å². The van der Waals surface area contributed by atoms with Crippen molar-refractivity contribution in [1.29, 1.82) is 0 Å². The summed E-state index contributed by atoms with van der Waals surface area (Å²) in [6, 6.07) is 19.9. The van der Waals surface area contributed by atoms with Crippen molar-refractivity contribution in [1.82, 2.24) is 5.43 Å². The molecule has 8 nitrogen and oxygen atoms in total. The molecule has 0 aromatic heterocycles. The number of carbonyl (C=O) groups excluding carboxylic acids is 2. The second kappa shape index (κ2) is 10.7. The molecule has 8 heteroatoms. The van der Waals surface area contributed by atoms with Gasteiger partial charge in [-0.15, -0.1) is 0 Å². The van der Waals surface area contributed by atoms with E-state index in [4.69, 9.17) is 14.2 Å². The quantitative estimate of drug-likeness (QED) is 0.244. The van der Waals surface area contributed by atoms with Gasteiger partial charge < -0.3 is 19.3 Å². The summed E-state index contributed by atoms with van der Waals surface area (Å²) in [4.78, 5) is 24.5. The van der Waals surface area contributed by atoms with Crippen LogP contribution in [-0.4, -0.2) is 37.4 Å². The average molecular weight is 434 g/mol. The molecule has 0 bridgehead atoms. The third kappa shape index (κ3) is 5.71. The number of carbonyl (C=O) groups is 2. The van der Waals surface area contributed by atoms with E-state index in [9.17, 15) is 14.7 Å². The summed E-state index contributed by atoms with van der Waals surface area (Å²) in [5.74, 6) is -0.159. The maximum atomic E-state index is 12.4. The van der Waals surface area contributed by atoms with Gasteiger partial charge in [-0.05, 0) is 47.5 Å². The number of aliphatic hydroxyl groups is 1. The highest BCUT2D eigenvalue weighted by Crippen LogP contribution is 2.28. The van der Waals surface area contributed by atoms with Gasteiger partial charge >= 0.3 is 5.97 Å². The van der Waals surface area contributed by atoms with Crippen molar-refractivity contribution in [2.24, 2.45) is 5.10 Å². The van der Waals surface area contributed by atoms with Gasteiger partial charge in [-0.25, -0.2) is 10.2 Å². The van der Waals surface area contributed by atoms with Gasteiger partial charge in [0.15, 0.2) is 17.6 Å². The lowest BCUT2D eigenvalue weighted by molar-refractivity contribution is -0.129. The second-order valence-electron chi connectivity index (χ2n) is 6.58. The number of hydrazone groups is 1. The number of nitrogens with one attached hydrogen (secondary N) is 1. The number of hydrogen-bond donors (Lipinski definition) is 2. The fourth-order valence-corrected chi connectivity index (χ4v) is 2.78. The number of amides is 1. The average Bonchev–Trinajstić information content (AvgIpc) is 2.84. The minimum Gasteiger partial charge on any atom is -0.497 e. The molecular formula is C24H22N2O6. The smallest absolute Gasteiger partial charge is 0.343 e. The largest absolute Gasteiger partial charge is 0.497 e. The van der Waals surface area contributed by atoms with Crippen molar-refractivity contribution >= 4 is 18.1 Å². The summed E-state index contributed by atoms with van der Waals surface area (Å²) in [7, 11) is 2.95. The normalized spacial score (nSPS) is 11.6. The van der Waals surface area contributed by atoms with Gasteiger partial charge in [0.2, 0.25) is 0 Å². The molecule has 1 amide bonds. The minimum atomic E-state index is -1.33. The Labute approximate surface area is 185 Å². The maximum absolute atomic E-state index is 12.4. The summed E-state index contributed by atoms with van der Waals surface area (Å²) in [6.45, 7) is 0. The first-order valence-electron chi connectivity index (χ1n) is 9.62. The molecule has 0 heterocycles. The molecule has 0 unspecified atom stereocenters. The molecule has 1 atom stereocenters. The lowest BCUT2D eigenvalue weighted by Gasteiger charge is -2.11. The van der Waals surface area contributed by atoms with Crippen LogP contribution in [0.3, 0.4) is 0 Å². The van der Waals surface area contributed by atoms with Crippen LogP contribution in [0.4, 0.5) is 0 Å². The van der Waals surface area contributed by atoms with Gasteiger partial charge in [-0.3, -0.25) is 4.79 Å². The summed E-state index contributed by atoms with van der Waals surface area (Å²) in [5.41, 5.74) is 3.66. The van der Waals surface area contributed by atoms with Crippen LogP contribution >= 0.6 is 0 Å². The first-order valence-corrected chi connectivity index (χ1v) is 9.62. The number of aliphatic hydroxyl groups excluding tert-OH is 1. The topological polar surface area (TPSA) is 106 Å². The minimum absolute atomic E-state index is 0.223. The van der Waals surface area contributed by atoms with E-state index in [1.54, 1.807) is 72.8 Å². The zero-order chi connectivity index (χ0) is 22.9. The summed E-state index contributed by atoms with van der Waals surface area (Å²) in [5, 5.41) is 13.9. The van der Waals surface area contributed by atoms with Crippen LogP contribution in [0.5, 0.6) is 17.2 Å². The number of hydrogen-bond acceptors (Lipinski definition) is 7. The number of methoxy groups -OCH3 is 2. The second-order valence-corrected chi connectivity index (χ2v) is 6.58. The molecule has 0 aliphatic heterocycles. The van der Waals surface area contributed by atoms with Crippen LogP contribution < -0.4 is 19.6 Å². The molecule has 164 valence electrons. The summed E-state index contributed by atoms with van der Waals surface area (Å²) in [6.07, 6.45) is 0.0486. The van der Waals surface area contributed by atoms with Gasteiger partial charge in [-0.2, -0.15) is 5.10 Å². The molecule has 3 rings (SSSR count). The van der Waals surface area contributed by atoms with E-state index in [0.717, 1.165) is 0 Å². The molecule has 0 spiro atoms. The monoisotopic (exact) mass is 434 g/mol. The highest BCUT2D eigenvalue weighted by atomic mass is 16.6. The standard InChI is InChI=1S/C24H22N2O6/c1-30-19-10-6-9-18(14-19)24(29)32-20-12-11-16(13-21(20)31-2)15-25-26-23(28)22(27)17-7-4-3-5-8-17/h3-15,22,27H,1-2H3,(H,26,28)/b25-15-/t22-/m1/s1. The van der Waals surface area contributed by atoms with Gasteiger partial charge in [0, 0.05) is 0 Å². The molecule has 0 saturated heterocycles. The van der Waals surface area contributed by atoms with E-state index >= 15 is 0 Å². The van der Waals surface area contributed by atoms with Crippen LogP contribution in [0.2, 0.25) is 0 Å². The molecule has 32 heavy (non-hydrogen) atoms. The number of rotatable bonds is 8. The lowest BCUT2D eigenvalue weighted by atomic mass is 10.1. The Morgan fingerprint density at radius 3 is 2.44 bits per heavy atom. The number of nitrogens with zero attached hydrogens (tertiary/aromatic N) is 1. The fourth-order valence-electron chi connectivity index (χ4n) is 2.78. The van der Waals surface area contributed by atoms with E-state index < -0.39 is 18.0 Å². The Kier molecular flexibility index (Phi) is 7.55. The van der Waals surface area contributed by atoms with Crippen LogP contribution in [0.25, 0.3) is 0 Å². The lowest BCUT2D eigenvalue weighted by Crippen LogP contribution is -2.25. The van der Waals surface area contributed by atoms with Gasteiger partial charge in [0.1, 0.15) is 5.75 Å². The molecule has 0 radical (unpaired) electrons. The molecule has 0 fully saturated rings.